The van der Waals surface area contributed by atoms with Crippen LogP contribution in [0.2, 0.25) is 0 Å². The second kappa shape index (κ2) is 7.11. The maximum atomic E-state index is 13.1. The van der Waals surface area contributed by atoms with Gasteiger partial charge in [-0.1, -0.05) is 18.2 Å². The van der Waals surface area contributed by atoms with E-state index in [2.05, 4.69) is 15.3 Å². The summed E-state index contributed by atoms with van der Waals surface area (Å²) in [6.07, 6.45) is 1.90. The molecule has 0 atom stereocenters. The summed E-state index contributed by atoms with van der Waals surface area (Å²) in [5, 5.41) is 5.41. The first kappa shape index (κ1) is 15.3. The van der Waals surface area contributed by atoms with Gasteiger partial charge < -0.3 is 5.32 Å². The third-order valence-corrected chi connectivity index (χ3v) is 4.07. The number of benzene rings is 1. The molecule has 0 saturated heterocycles. The van der Waals surface area contributed by atoms with Crippen molar-refractivity contribution in [1.82, 2.24) is 15.3 Å². The predicted octanol–water partition coefficient (Wildman–Crippen LogP) is 3.20. The van der Waals surface area contributed by atoms with Crippen molar-refractivity contribution in [2.45, 2.75) is 13.0 Å². The molecule has 0 radical (unpaired) electrons. The summed E-state index contributed by atoms with van der Waals surface area (Å²) < 4.78 is 13.1. The van der Waals surface area contributed by atoms with Crippen LogP contribution in [0.3, 0.4) is 0 Å². The summed E-state index contributed by atoms with van der Waals surface area (Å²) in [7, 11) is 0. The van der Waals surface area contributed by atoms with Gasteiger partial charge in [-0.15, -0.1) is 11.3 Å². The molecule has 2 aromatic heterocycles. The molecular formula is C17H14FN3OS. The zero-order chi connectivity index (χ0) is 16.1. The number of aromatic nitrogens is 2. The topological polar surface area (TPSA) is 54.9 Å². The summed E-state index contributed by atoms with van der Waals surface area (Å²) in [4.78, 5) is 20.6. The van der Waals surface area contributed by atoms with Crippen LogP contribution in [-0.2, 0) is 17.8 Å². The molecule has 6 heteroatoms. The standard InChI is InChI=1S/C17H14FN3OS/c18-13-5-3-4-12(8-13)10-20-16(22)9-14-11-23-17(21-14)15-6-1-2-7-19-15/h1-8,11H,9-10H2,(H,20,22). The Morgan fingerprint density at radius 1 is 1.22 bits per heavy atom. The van der Waals surface area contributed by atoms with Crippen LogP contribution < -0.4 is 5.32 Å². The average molecular weight is 327 g/mol. The Morgan fingerprint density at radius 3 is 2.91 bits per heavy atom. The van der Waals surface area contributed by atoms with E-state index in [4.69, 9.17) is 0 Å². The highest BCUT2D eigenvalue weighted by Crippen LogP contribution is 2.21. The molecule has 0 saturated carbocycles. The van der Waals surface area contributed by atoms with E-state index in [9.17, 15) is 9.18 Å². The summed E-state index contributed by atoms with van der Waals surface area (Å²) in [5.41, 5.74) is 2.22. The van der Waals surface area contributed by atoms with Crippen molar-refractivity contribution in [2.24, 2.45) is 0 Å². The second-order valence-corrected chi connectivity index (χ2v) is 5.80. The highest BCUT2D eigenvalue weighted by atomic mass is 32.1. The molecular weight excluding hydrogens is 313 g/mol. The van der Waals surface area contributed by atoms with Crippen molar-refractivity contribution >= 4 is 17.2 Å². The van der Waals surface area contributed by atoms with Crippen molar-refractivity contribution in [2.75, 3.05) is 0 Å². The van der Waals surface area contributed by atoms with E-state index in [1.807, 2.05) is 23.6 Å². The fourth-order valence-corrected chi connectivity index (χ4v) is 2.86. The predicted molar refractivity (Wildman–Crippen MR) is 87.3 cm³/mol. The lowest BCUT2D eigenvalue weighted by Crippen LogP contribution is -2.24. The lowest BCUT2D eigenvalue weighted by Gasteiger charge is -2.04. The molecule has 0 spiro atoms. The third-order valence-electron chi connectivity index (χ3n) is 3.16. The van der Waals surface area contributed by atoms with Gasteiger partial charge in [-0.25, -0.2) is 9.37 Å². The lowest BCUT2D eigenvalue weighted by atomic mass is 10.2. The first-order chi connectivity index (χ1) is 11.2. The van der Waals surface area contributed by atoms with Gasteiger partial charge in [0.25, 0.3) is 0 Å². The van der Waals surface area contributed by atoms with Crippen LogP contribution >= 0.6 is 11.3 Å². The normalized spacial score (nSPS) is 10.5. The Morgan fingerprint density at radius 2 is 2.13 bits per heavy atom. The fourth-order valence-electron chi connectivity index (χ4n) is 2.07. The van der Waals surface area contributed by atoms with Crippen molar-refractivity contribution in [1.29, 1.82) is 0 Å². The van der Waals surface area contributed by atoms with Crippen molar-refractivity contribution in [3.63, 3.8) is 0 Å². The minimum Gasteiger partial charge on any atom is -0.352 e. The molecule has 1 N–H and O–H groups in total. The van der Waals surface area contributed by atoms with E-state index in [0.717, 1.165) is 16.3 Å². The number of hydrogen-bond donors (Lipinski definition) is 1. The Bertz CT molecular complexity index is 804. The number of carbonyl (C=O) groups excluding carboxylic acids is 1. The number of carbonyl (C=O) groups is 1. The largest absolute Gasteiger partial charge is 0.352 e. The van der Waals surface area contributed by atoms with Crippen molar-refractivity contribution in [3.8, 4) is 10.7 Å². The van der Waals surface area contributed by atoms with Crippen molar-refractivity contribution < 1.29 is 9.18 Å². The van der Waals surface area contributed by atoms with Crippen LogP contribution in [0.25, 0.3) is 10.7 Å². The van der Waals surface area contributed by atoms with Gasteiger partial charge in [0.05, 0.1) is 17.8 Å². The van der Waals surface area contributed by atoms with Crippen LogP contribution in [0.4, 0.5) is 4.39 Å². The zero-order valence-electron chi connectivity index (χ0n) is 12.2. The maximum Gasteiger partial charge on any atom is 0.226 e. The second-order valence-electron chi connectivity index (χ2n) is 4.94. The van der Waals surface area contributed by atoms with Gasteiger partial charge in [-0.3, -0.25) is 9.78 Å². The Hall–Kier alpha value is -2.60. The van der Waals surface area contributed by atoms with Crippen LogP contribution in [0.1, 0.15) is 11.3 Å². The first-order valence-corrected chi connectivity index (χ1v) is 7.95. The molecule has 23 heavy (non-hydrogen) atoms. The van der Waals surface area contributed by atoms with E-state index in [-0.39, 0.29) is 18.1 Å². The molecule has 0 aliphatic rings. The zero-order valence-corrected chi connectivity index (χ0v) is 13.0. The number of rotatable bonds is 5. The number of nitrogens with one attached hydrogen (secondary N) is 1. The molecule has 3 rings (SSSR count). The minimum atomic E-state index is -0.309. The van der Waals surface area contributed by atoms with E-state index >= 15 is 0 Å². The molecule has 0 aliphatic carbocycles. The number of hydrogen-bond acceptors (Lipinski definition) is 4. The van der Waals surface area contributed by atoms with Gasteiger partial charge in [0.1, 0.15) is 10.8 Å². The monoisotopic (exact) mass is 327 g/mol. The first-order valence-electron chi connectivity index (χ1n) is 7.07. The summed E-state index contributed by atoms with van der Waals surface area (Å²) in [6, 6.07) is 11.8. The molecule has 0 aliphatic heterocycles. The van der Waals surface area contributed by atoms with Gasteiger partial charge in [0.2, 0.25) is 5.91 Å². The molecule has 0 bridgehead atoms. The lowest BCUT2D eigenvalue weighted by molar-refractivity contribution is -0.120. The smallest absolute Gasteiger partial charge is 0.226 e. The maximum absolute atomic E-state index is 13.1. The summed E-state index contributed by atoms with van der Waals surface area (Å²) >= 11 is 1.46. The molecule has 2 heterocycles. The van der Waals surface area contributed by atoms with Gasteiger partial charge in [-0.2, -0.15) is 0 Å². The molecule has 1 amide bonds. The van der Waals surface area contributed by atoms with Gasteiger partial charge in [0, 0.05) is 18.1 Å². The van der Waals surface area contributed by atoms with Gasteiger partial charge in [0.15, 0.2) is 0 Å². The van der Waals surface area contributed by atoms with E-state index in [1.54, 1.807) is 18.3 Å². The summed E-state index contributed by atoms with van der Waals surface area (Å²) in [5.74, 6) is -0.455. The highest BCUT2D eigenvalue weighted by molar-refractivity contribution is 7.13. The molecule has 4 nitrogen and oxygen atoms in total. The van der Waals surface area contributed by atoms with E-state index < -0.39 is 0 Å². The molecule has 0 unspecified atom stereocenters. The van der Waals surface area contributed by atoms with E-state index in [1.165, 1.54) is 23.5 Å². The van der Waals surface area contributed by atoms with Gasteiger partial charge in [-0.05, 0) is 29.8 Å². The quantitative estimate of drug-likeness (QED) is 0.783. The number of nitrogens with zero attached hydrogens (tertiary/aromatic N) is 2. The van der Waals surface area contributed by atoms with Crippen molar-refractivity contribution in [3.05, 3.63) is 71.1 Å². The van der Waals surface area contributed by atoms with Crippen LogP contribution in [0.5, 0.6) is 0 Å². The Labute approximate surface area is 137 Å². The van der Waals surface area contributed by atoms with Crippen LogP contribution in [-0.4, -0.2) is 15.9 Å². The minimum absolute atomic E-state index is 0.146. The van der Waals surface area contributed by atoms with Gasteiger partial charge >= 0.3 is 0 Å². The number of amides is 1. The van der Waals surface area contributed by atoms with Crippen LogP contribution in [0.15, 0.2) is 54.0 Å². The summed E-state index contributed by atoms with van der Waals surface area (Å²) in [6.45, 7) is 0.299. The number of thiazole rings is 1. The molecule has 1 aromatic carbocycles. The molecule has 0 fully saturated rings. The Balaban J connectivity index is 1.57. The highest BCUT2D eigenvalue weighted by Gasteiger charge is 2.09. The molecule has 116 valence electrons. The number of pyridine rings is 1. The molecule has 3 aromatic rings. The fraction of sp³-hybridized carbons (Fsp3) is 0.118. The Kier molecular flexibility index (Phi) is 4.73. The third kappa shape index (κ3) is 4.20. The van der Waals surface area contributed by atoms with Crippen LogP contribution in [0, 0.1) is 5.82 Å². The van der Waals surface area contributed by atoms with E-state index in [0.29, 0.717) is 12.2 Å². The SMILES string of the molecule is O=C(Cc1csc(-c2ccccn2)n1)NCc1cccc(F)c1. The average Bonchev–Trinajstić information content (AvgIpc) is 3.02. The number of halogens is 1.